The molecule has 0 aliphatic carbocycles. The standard InChI is InChI=1S/C23H28N4O4S.2C2H6/c1-13-8-14(2)19(15(3)9-13)26-23(31)25-11-17-10-16-12-27(22(30)20(16)32-17)18(6-5-7-28)21(29)24-4;2*1-2/h7-10,18H,5-6,11-12H2,1-4H3,(H,24,29)(H2,25,26,31);2*1-2H3. The Hall–Kier alpha value is -3.20. The van der Waals surface area contributed by atoms with Crippen molar-refractivity contribution in [1.29, 1.82) is 0 Å². The van der Waals surface area contributed by atoms with Gasteiger partial charge in [0.2, 0.25) is 5.91 Å². The lowest BCUT2D eigenvalue weighted by molar-refractivity contribution is -0.125. The Kier molecular flexibility index (Phi) is 12.9. The number of anilines is 1. The van der Waals surface area contributed by atoms with Crippen molar-refractivity contribution in [2.24, 2.45) is 0 Å². The number of aryl methyl sites for hydroxylation is 3. The second-order valence-electron chi connectivity index (χ2n) is 7.96. The number of aldehydes is 1. The van der Waals surface area contributed by atoms with E-state index in [1.165, 1.54) is 23.3 Å². The van der Waals surface area contributed by atoms with Gasteiger partial charge < -0.3 is 25.6 Å². The van der Waals surface area contributed by atoms with Crippen LogP contribution in [0.3, 0.4) is 0 Å². The number of fused-ring (bicyclic) bond motifs is 1. The molecule has 2 heterocycles. The van der Waals surface area contributed by atoms with Crippen molar-refractivity contribution in [3.8, 4) is 0 Å². The number of nitrogens with zero attached hydrogens (tertiary/aromatic N) is 1. The Morgan fingerprint density at radius 1 is 1.08 bits per heavy atom. The lowest BCUT2D eigenvalue weighted by Gasteiger charge is -2.25. The molecule has 1 unspecified atom stereocenters. The third kappa shape index (κ3) is 7.65. The molecule has 9 heteroatoms. The number of carbonyl (C=O) groups is 4. The summed E-state index contributed by atoms with van der Waals surface area (Å²) in [5.41, 5.74) is 4.77. The molecule has 1 aliphatic rings. The molecule has 0 fully saturated rings. The first-order chi connectivity index (χ1) is 17.2. The number of hydrogen-bond acceptors (Lipinski definition) is 5. The van der Waals surface area contributed by atoms with Crippen LogP contribution in [0.25, 0.3) is 0 Å². The van der Waals surface area contributed by atoms with Crippen LogP contribution in [0.15, 0.2) is 18.2 Å². The van der Waals surface area contributed by atoms with Crippen LogP contribution in [0.1, 0.15) is 77.3 Å². The Balaban J connectivity index is 0.00000154. The molecule has 8 nitrogen and oxygen atoms in total. The molecule has 1 aromatic carbocycles. The summed E-state index contributed by atoms with van der Waals surface area (Å²) in [6, 6.07) is 4.94. The van der Waals surface area contributed by atoms with Gasteiger partial charge in [-0.3, -0.25) is 9.59 Å². The molecule has 0 radical (unpaired) electrons. The van der Waals surface area contributed by atoms with E-state index in [9.17, 15) is 19.2 Å². The minimum Gasteiger partial charge on any atom is -0.357 e. The van der Waals surface area contributed by atoms with Gasteiger partial charge in [0.05, 0.1) is 11.4 Å². The highest BCUT2D eigenvalue weighted by Gasteiger charge is 2.37. The summed E-state index contributed by atoms with van der Waals surface area (Å²) in [6.07, 6.45) is 1.25. The fraction of sp³-hybridized carbons (Fsp3) is 0.481. The van der Waals surface area contributed by atoms with E-state index in [2.05, 4.69) is 16.0 Å². The van der Waals surface area contributed by atoms with Crippen molar-refractivity contribution >= 4 is 41.2 Å². The predicted octanol–water partition coefficient (Wildman–Crippen LogP) is 5.10. The third-order valence-corrected chi connectivity index (χ3v) is 6.64. The smallest absolute Gasteiger partial charge is 0.319 e. The summed E-state index contributed by atoms with van der Waals surface area (Å²) in [7, 11) is 1.51. The topological polar surface area (TPSA) is 108 Å². The average molecular weight is 517 g/mol. The molecule has 0 saturated heterocycles. The van der Waals surface area contributed by atoms with Crippen molar-refractivity contribution in [1.82, 2.24) is 15.5 Å². The molecule has 36 heavy (non-hydrogen) atoms. The van der Waals surface area contributed by atoms with Crippen molar-refractivity contribution in [3.63, 3.8) is 0 Å². The number of thiophene rings is 1. The highest BCUT2D eigenvalue weighted by molar-refractivity contribution is 7.14. The van der Waals surface area contributed by atoms with Gasteiger partial charge in [-0.25, -0.2) is 4.79 Å². The fourth-order valence-corrected chi connectivity index (χ4v) is 5.10. The van der Waals surface area contributed by atoms with Gasteiger partial charge in [-0.1, -0.05) is 45.4 Å². The van der Waals surface area contributed by atoms with Crippen molar-refractivity contribution < 1.29 is 19.2 Å². The first-order valence-electron chi connectivity index (χ1n) is 12.5. The van der Waals surface area contributed by atoms with Crippen LogP contribution in [0.5, 0.6) is 0 Å². The maximum Gasteiger partial charge on any atom is 0.319 e. The number of hydrogen-bond donors (Lipinski definition) is 3. The van der Waals surface area contributed by atoms with Crippen molar-refractivity contribution in [2.45, 2.75) is 80.4 Å². The number of likely N-dealkylation sites (N-methyl/N-ethyl adjacent to an activating group) is 1. The zero-order valence-electron chi connectivity index (χ0n) is 22.7. The fourth-order valence-electron chi connectivity index (χ4n) is 4.03. The second kappa shape index (κ2) is 15.0. The highest BCUT2D eigenvalue weighted by atomic mass is 32.1. The van der Waals surface area contributed by atoms with E-state index in [1.54, 1.807) is 0 Å². The highest BCUT2D eigenvalue weighted by Crippen LogP contribution is 2.33. The van der Waals surface area contributed by atoms with Gasteiger partial charge in [0, 0.05) is 30.6 Å². The van der Waals surface area contributed by atoms with E-state index in [4.69, 9.17) is 0 Å². The first-order valence-corrected chi connectivity index (χ1v) is 13.3. The molecule has 0 spiro atoms. The summed E-state index contributed by atoms with van der Waals surface area (Å²) in [5, 5.41) is 8.31. The summed E-state index contributed by atoms with van der Waals surface area (Å²) >= 11 is 1.32. The van der Waals surface area contributed by atoms with Gasteiger partial charge in [-0.05, 0) is 49.9 Å². The summed E-state index contributed by atoms with van der Waals surface area (Å²) in [4.78, 5) is 51.2. The van der Waals surface area contributed by atoms with Crippen LogP contribution in [0.2, 0.25) is 0 Å². The van der Waals surface area contributed by atoms with E-state index in [1.807, 2.05) is 66.7 Å². The first kappa shape index (κ1) is 30.8. The molecule has 3 N–H and O–H groups in total. The molecular formula is C27H40N4O4S. The third-order valence-electron chi connectivity index (χ3n) is 5.48. The molecule has 0 saturated carbocycles. The quantitative estimate of drug-likeness (QED) is 0.424. The van der Waals surface area contributed by atoms with E-state index in [0.29, 0.717) is 18.0 Å². The van der Waals surface area contributed by atoms with Crippen LogP contribution in [-0.4, -0.2) is 42.1 Å². The SMILES string of the molecule is CC.CC.CNC(=O)C(CCC=O)N1Cc2cc(CNC(=O)Nc3c(C)cc(C)cc3C)sc2C1=O. The summed E-state index contributed by atoms with van der Waals surface area (Å²) < 4.78 is 0. The molecule has 1 atom stereocenters. The van der Waals surface area contributed by atoms with Gasteiger partial charge in [-0.15, -0.1) is 11.3 Å². The monoisotopic (exact) mass is 516 g/mol. The van der Waals surface area contributed by atoms with Crippen LogP contribution in [-0.2, 0) is 22.7 Å². The number of rotatable bonds is 8. The molecule has 198 valence electrons. The Labute approximate surface area is 218 Å². The molecule has 0 bridgehead atoms. The summed E-state index contributed by atoms with van der Waals surface area (Å²) in [6.45, 7) is 14.5. The zero-order valence-corrected chi connectivity index (χ0v) is 23.5. The Bertz CT molecular complexity index is 1040. The summed E-state index contributed by atoms with van der Waals surface area (Å²) in [5.74, 6) is -0.498. The van der Waals surface area contributed by atoms with E-state index >= 15 is 0 Å². The van der Waals surface area contributed by atoms with E-state index in [0.717, 1.165) is 39.1 Å². The molecule has 4 amide bonds. The minimum atomic E-state index is -0.675. The molecule has 1 aliphatic heterocycles. The minimum absolute atomic E-state index is 0.208. The van der Waals surface area contributed by atoms with Crippen LogP contribution < -0.4 is 16.0 Å². The second-order valence-corrected chi connectivity index (χ2v) is 9.09. The lowest BCUT2D eigenvalue weighted by atomic mass is 10.1. The number of nitrogens with one attached hydrogen (secondary N) is 3. The van der Waals surface area contributed by atoms with Crippen LogP contribution >= 0.6 is 11.3 Å². The van der Waals surface area contributed by atoms with Crippen LogP contribution in [0.4, 0.5) is 10.5 Å². The Morgan fingerprint density at radius 2 is 1.69 bits per heavy atom. The maximum absolute atomic E-state index is 12.9. The van der Waals surface area contributed by atoms with Gasteiger partial charge >= 0.3 is 6.03 Å². The van der Waals surface area contributed by atoms with E-state index in [-0.39, 0.29) is 30.7 Å². The van der Waals surface area contributed by atoms with Crippen molar-refractivity contribution in [3.05, 3.63) is 50.2 Å². The van der Waals surface area contributed by atoms with Crippen molar-refractivity contribution in [2.75, 3.05) is 12.4 Å². The van der Waals surface area contributed by atoms with Gasteiger partial charge in [0.15, 0.2) is 0 Å². The van der Waals surface area contributed by atoms with Gasteiger partial charge in [-0.2, -0.15) is 0 Å². The average Bonchev–Trinajstić information content (AvgIpc) is 3.41. The van der Waals surface area contributed by atoms with E-state index < -0.39 is 6.04 Å². The predicted molar refractivity (Wildman–Crippen MR) is 147 cm³/mol. The molecular weight excluding hydrogens is 476 g/mol. The van der Waals surface area contributed by atoms with Crippen LogP contribution in [0, 0.1) is 20.8 Å². The number of carbonyl (C=O) groups excluding carboxylic acids is 4. The number of benzene rings is 1. The van der Waals surface area contributed by atoms with Gasteiger partial charge in [0.25, 0.3) is 5.91 Å². The zero-order chi connectivity index (χ0) is 27.4. The number of amides is 4. The Morgan fingerprint density at radius 3 is 2.22 bits per heavy atom. The lowest BCUT2D eigenvalue weighted by Crippen LogP contribution is -2.46. The molecule has 2 aromatic rings. The largest absolute Gasteiger partial charge is 0.357 e. The molecule has 3 rings (SSSR count). The molecule has 1 aromatic heterocycles. The normalized spacial score (nSPS) is 12.3. The van der Waals surface area contributed by atoms with Gasteiger partial charge in [0.1, 0.15) is 12.3 Å². The number of urea groups is 1. The maximum atomic E-state index is 12.9.